The summed E-state index contributed by atoms with van der Waals surface area (Å²) in [6.45, 7) is 2.45. The van der Waals surface area contributed by atoms with E-state index in [-0.39, 0.29) is 30.5 Å². The van der Waals surface area contributed by atoms with Gasteiger partial charge in [0.25, 0.3) is 0 Å². The third-order valence-electron chi connectivity index (χ3n) is 4.41. The zero-order valence-electron chi connectivity index (χ0n) is 15.1. The lowest BCUT2D eigenvalue weighted by atomic mass is 10.0. The van der Waals surface area contributed by atoms with Crippen molar-refractivity contribution in [2.75, 3.05) is 26.7 Å². The number of halogens is 4. The Morgan fingerprint density at radius 2 is 1.92 bits per heavy atom. The average Bonchev–Trinajstić information content (AvgIpc) is 2.59. The van der Waals surface area contributed by atoms with E-state index in [1.54, 1.807) is 7.05 Å². The van der Waals surface area contributed by atoms with E-state index in [1.165, 1.54) is 18.4 Å². The maximum Gasteiger partial charge on any atom is 0.390 e. The van der Waals surface area contributed by atoms with E-state index in [0.717, 1.165) is 19.5 Å². The Bertz CT molecular complexity index is 537. The molecule has 0 bridgehead atoms. The third-order valence-corrected chi connectivity index (χ3v) is 4.41. The molecule has 1 saturated heterocycles. The minimum atomic E-state index is -4.15. The third kappa shape index (κ3) is 8.57. The van der Waals surface area contributed by atoms with Gasteiger partial charge in [-0.15, -0.1) is 24.0 Å². The Kier molecular flexibility index (Phi) is 10.3. The maximum atomic E-state index is 12.2. The highest BCUT2D eigenvalue weighted by Crippen LogP contribution is 2.19. The van der Waals surface area contributed by atoms with Gasteiger partial charge >= 0.3 is 6.18 Å². The first-order valence-corrected chi connectivity index (χ1v) is 8.77. The van der Waals surface area contributed by atoms with Crippen LogP contribution in [0, 0.1) is 0 Å². The molecule has 1 aromatic carbocycles. The highest BCUT2D eigenvalue weighted by molar-refractivity contribution is 14.0. The van der Waals surface area contributed by atoms with Gasteiger partial charge in [0, 0.05) is 32.7 Å². The zero-order valence-corrected chi connectivity index (χ0v) is 17.4. The highest BCUT2D eigenvalue weighted by Gasteiger charge is 2.26. The molecule has 1 aliphatic rings. The Morgan fingerprint density at radius 3 is 2.58 bits per heavy atom. The molecule has 1 unspecified atom stereocenters. The molecule has 0 aromatic heterocycles. The molecule has 1 aromatic rings. The number of hydrogen-bond acceptors (Lipinski definition) is 2. The minimum Gasteiger partial charge on any atom is -0.356 e. The average molecular weight is 484 g/mol. The molecule has 0 spiro atoms. The van der Waals surface area contributed by atoms with Gasteiger partial charge in [0.2, 0.25) is 0 Å². The number of nitrogens with zero attached hydrogens (tertiary/aromatic N) is 2. The number of rotatable bonds is 6. The van der Waals surface area contributed by atoms with Gasteiger partial charge in [-0.2, -0.15) is 13.2 Å². The van der Waals surface area contributed by atoms with Crippen molar-refractivity contribution in [3.63, 3.8) is 0 Å². The van der Waals surface area contributed by atoms with Crippen LogP contribution in [0.25, 0.3) is 0 Å². The first-order valence-electron chi connectivity index (χ1n) is 8.77. The molecule has 2 N–H and O–H groups in total. The lowest BCUT2D eigenvalue weighted by Crippen LogP contribution is -2.49. The van der Waals surface area contributed by atoms with Crippen LogP contribution in [-0.4, -0.2) is 49.8 Å². The van der Waals surface area contributed by atoms with Crippen LogP contribution in [0.3, 0.4) is 0 Å². The largest absolute Gasteiger partial charge is 0.390 e. The van der Waals surface area contributed by atoms with Crippen LogP contribution in [0.15, 0.2) is 35.3 Å². The molecule has 1 aliphatic heterocycles. The fourth-order valence-electron chi connectivity index (χ4n) is 3.07. The van der Waals surface area contributed by atoms with Crippen molar-refractivity contribution in [1.82, 2.24) is 15.5 Å². The summed E-state index contributed by atoms with van der Waals surface area (Å²) < 4.78 is 36.7. The Labute approximate surface area is 170 Å². The summed E-state index contributed by atoms with van der Waals surface area (Å²) in [5.74, 6) is 0.425. The van der Waals surface area contributed by atoms with E-state index < -0.39 is 12.6 Å². The number of alkyl halides is 3. The van der Waals surface area contributed by atoms with E-state index in [2.05, 4.69) is 32.7 Å². The summed E-state index contributed by atoms with van der Waals surface area (Å²) in [5, 5.41) is 5.90. The summed E-state index contributed by atoms with van der Waals surface area (Å²) in [4.78, 5) is 6.45. The molecule has 1 heterocycles. The zero-order chi connectivity index (χ0) is 18.1. The highest BCUT2D eigenvalue weighted by atomic mass is 127. The molecule has 26 heavy (non-hydrogen) atoms. The van der Waals surface area contributed by atoms with Crippen molar-refractivity contribution in [2.24, 2.45) is 4.99 Å². The van der Waals surface area contributed by atoms with E-state index in [4.69, 9.17) is 0 Å². The fraction of sp³-hybridized carbons (Fsp3) is 0.611. The Hall–Kier alpha value is -1.03. The van der Waals surface area contributed by atoms with Crippen LogP contribution in [-0.2, 0) is 6.54 Å². The smallest absolute Gasteiger partial charge is 0.356 e. The van der Waals surface area contributed by atoms with Crippen molar-refractivity contribution >= 4 is 29.9 Å². The van der Waals surface area contributed by atoms with Crippen LogP contribution in [0.4, 0.5) is 13.2 Å². The Balaban J connectivity index is 0.00000338. The van der Waals surface area contributed by atoms with Gasteiger partial charge in [-0.1, -0.05) is 36.8 Å². The molecule has 0 saturated carbocycles. The number of hydrogen-bond donors (Lipinski definition) is 2. The monoisotopic (exact) mass is 484 g/mol. The number of nitrogens with one attached hydrogen (secondary N) is 2. The summed E-state index contributed by atoms with van der Waals surface area (Å²) >= 11 is 0. The lowest BCUT2D eigenvalue weighted by Gasteiger charge is -2.36. The number of likely N-dealkylation sites (tertiary alicyclic amines) is 1. The topological polar surface area (TPSA) is 39.7 Å². The van der Waals surface area contributed by atoms with Crippen LogP contribution in [0.2, 0.25) is 0 Å². The van der Waals surface area contributed by atoms with Crippen molar-refractivity contribution < 1.29 is 13.2 Å². The van der Waals surface area contributed by atoms with Crippen molar-refractivity contribution in [1.29, 1.82) is 0 Å². The van der Waals surface area contributed by atoms with Crippen molar-refractivity contribution in [2.45, 2.75) is 44.4 Å². The quantitative estimate of drug-likeness (QED) is 0.367. The molecule has 0 aliphatic carbocycles. The SMILES string of the molecule is CN=C(NCCC(F)(F)F)NCC1CCCCN1Cc1ccccc1.I. The maximum absolute atomic E-state index is 12.2. The first-order chi connectivity index (χ1) is 12.0. The van der Waals surface area contributed by atoms with Crippen LogP contribution in [0.5, 0.6) is 0 Å². The van der Waals surface area contributed by atoms with E-state index >= 15 is 0 Å². The summed E-state index contributed by atoms with van der Waals surface area (Å²) in [7, 11) is 1.57. The molecular weight excluding hydrogens is 456 g/mol. The second-order valence-electron chi connectivity index (χ2n) is 6.35. The number of piperidine rings is 1. The second kappa shape index (κ2) is 11.6. The molecular formula is C18H28F3IN4. The van der Waals surface area contributed by atoms with Gasteiger partial charge < -0.3 is 10.6 Å². The van der Waals surface area contributed by atoms with Crippen LogP contribution in [0.1, 0.15) is 31.2 Å². The minimum absolute atomic E-state index is 0. The molecule has 2 rings (SSSR count). The van der Waals surface area contributed by atoms with Gasteiger partial charge in [0.05, 0.1) is 6.42 Å². The molecule has 1 fully saturated rings. The fourth-order valence-corrected chi connectivity index (χ4v) is 3.07. The normalized spacial score (nSPS) is 18.9. The summed E-state index contributed by atoms with van der Waals surface area (Å²) in [6, 6.07) is 10.7. The van der Waals surface area contributed by atoms with Crippen molar-refractivity contribution in [3.8, 4) is 0 Å². The van der Waals surface area contributed by atoms with Gasteiger partial charge in [-0.05, 0) is 24.9 Å². The first kappa shape index (κ1) is 23.0. The molecule has 148 valence electrons. The molecule has 1 atom stereocenters. The van der Waals surface area contributed by atoms with Gasteiger partial charge in [-0.25, -0.2) is 0 Å². The van der Waals surface area contributed by atoms with E-state index in [1.807, 2.05) is 18.2 Å². The molecule has 0 amide bonds. The van der Waals surface area contributed by atoms with Gasteiger partial charge in [-0.3, -0.25) is 9.89 Å². The number of guanidine groups is 1. The summed E-state index contributed by atoms with van der Waals surface area (Å²) in [5.41, 5.74) is 1.28. The lowest BCUT2D eigenvalue weighted by molar-refractivity contribution is -0.132. The van der Waals surface area contributed by atoms with Gasteiger partial charge in [0.1, 0.15) is 0 Å². The molecule has 8 heteroatoms. The second-order valence-corrected chi connectivity index (χ2v) is 6.35. The van der Waals surface area contributed by atoms with Gasteiger partial charge in [0.15, 0.2) is 5.96 Å². The standard InChI is InChI=1S/C18H27F3N4.HI/c1-22-17(23-11-10-18(19,20)21)24-13-16-9-5-6-12-25(16)14-15-7-3-2-4-8-15;/h2-4,7-8,16H,5-6,9-14H2,1H3,(H2,22,23,24);1H. The predicted molar refractivity (Wildman–Crippen MR) is 110 cm³/mol. The molecule has 0 radical (unpaired) electrons. The van der Waals surface area contributed by atoms with E-state index in [0.29, 0.717) is 18.5 Å². The van der Waals surface area contributed by atoms with Crippen LogP contribution < -0.4 is 10.6 Å². The number of benzene rings is 1. The summed E-state index contributed by atoms with van der Waals surface area (Å²) in [6.07, 6.45) is -1.57. The predicted octanol–water partition coefficient (Wildman–Crippen LogP) is 3.78. The number of aliphatic imine (C=N–C) groups is 1. The van der Waals surface area contributed by atoms with Crippen LogP contribution >= 0.6 is 24.0 Å². The Morgan fingerprint density at radius 1 is 1.19 bits per heavy atom. The van der Waals surface area contributed by atoms with Crippen molar-refractivity contribution in [3.05, 3.63) is 35.9 Å². The molecule has 4 nitrogen and oxygen atoms in total. The van der Waals surface area contributed by atoms with E-state index in [9.17, 15) is 13.2 Å².